The largest absolute Gasteiger partial charge is 0.345 e. The van der Waals surface area contributed by atoms with E-state index >= 15 is 0 Å². The van der Waals surface area contributed by atoms with Gasteiger partial charge in [0.25, 0.3) is 5.91 Å². The minimum absolute atomic E-state index is 0.0349. The lowest BCUT2D eigenvalue weighted by Gasteiger charge is -2.13. The molecule has 0 radical (unpaired) electrons. The highest BCUT2D eigenvalue weighted by Gasteiger charge is 2.24. The highest BCUT2D eigenvalue weighted by atomic mass is 16.1. The van der Waals surface area contributed by atoms with Gasteiger partial charge in [-0.3, -0.25) is 9.48 Å². The predicted molar refractivity (Wildman–Crippen MR) is 72.9 cm³/mol. The monoisotopic (exact) mass is 255 g/mol. The maximum atomic E-state index is 12.3. The average molecular weight is 255 g/mol. The maximum absolute atomic E-state index is 12.3. The van der Waals surface area contributed by atoms with E-state index in [9.17, 15) is 4.79 Å². The second-order valence-electron chi connectivity index (χ2n) is 5.03. The fraction of sp³-hybridized carbons (Fsp3) is 0.333. The van der Waals surface area contributed by atoms with E-state index in [2.05, 4.69) is 22.5 Å². The van der Waals surface area contributed by atoms with E-state index in [1.54, 1.807) is 10.9 Å². The molecule has 98 valence electrons. The fourth-order valence-corrected chi connectivity index (χ4v) is 2.66. The van der Waals surface area contributed by atoms with Crippen molar-refractivity contribution in [3.05, 3.63) is 52.8 Å². The topological polar surface area (TPSA) is 46.9 Å². The summed E-state index contributed by atoms with van der Waals surface area (Å²) in [4.78, 5) is 12.3. The molecule has 4 nitrogen and oxygen atoms in total. The molecular formula is C15H17N3O. The van der Waals surface area contributed by atoms with Crippen molar-refractivity contribution in [3.8, 4) is 0 Å². The summed E-state index contributed by atoms with van der Waals surface area (Å²) in [5.41, 5.74) is 4.14. The first-order valence-corrected chi connectivity index (χ1v) is 6.54. The van der Waals surface area contributed by atoms with Crippen LogP contribution in [0.3, 0.4) is 0 Å². The van der Waals surface area contributed by atoms with Gasteiger partial charge >= 0.3 is 0 Å². The number of aromatic nitrogens is 2. The Hall–Kier alpha value is -2.10. The Morgan fingerprint density at radius 1 is 1.42 bits per heavy atom. The van der Waals surface area contributed by atoms with Gasteiger partial charge in [0.1, 0.15) is 0 Å². The summed E-state index contributed by atoms with van der Waals surface area (Å²) in [6.45, 7) is 1.91. The quantitative estimate of drug-likeness (QED) is 0.893. The normalized spacial score (nSPS) is 17.3. The van der Waals surface area contributed by atoms with E-state index in [-0.39, 0.29) is 11.9 Å². The lowest BCUT2D eigenvalue weighted by atomic mass is 10.1. The third-order valence-corrected chi connectivity index (χ3v) is 3.92. The molecule has 1 amide bonds. The Morgan fingerprint density at radius 3 is 2.95 bits per heavy atom. The zero-order chi connectivity index (χ0) is 13.4. The lowest BCUT2D eigenvalue weighted by Crippen LogP contribution is -2.27. The van der Waals surface area contributed by atoms with Crippen LogP contribution < -0.4 is 5.32 Å². The van der Waals surface area contributed by atoms with E-state index in [4.69, 9.17) is 0 Å². The Morgan fingerprint density at radius 2 is 2.21 bits per heavy atom. The molecule has 19 heavy (non-hydrogen) atoms. The molecule has 1 unspecified atom stereocenters. The molecule has 0 spiro atoms. The van der Waals surface area contributed by atoms with Crippen LogP contribution in [-0.2, 0) is 13.5 Å². The first-order chi connectivity index (χ1) is 9.16. The number of aryl methyl sites for hydroxylation is 2. The van der Waals surface area contributed by atoms with Gasteiger partial charge in [0.2, 0.25) is 0 Å². The summed E-state index contributed by atoms with van der Waals surface area (Å²) >= 11 is 0. The van der Waals surface area contributed by atoms with Gasteiger partial charge in [-0.1, -0.05) is 24.3 Å². The number of carbonyl (C=O) groups excluding carboxylic acids is 1. The van der Waals surface area contributed by atoms with Gasteiger partial charge in [-0.05, 0) is 30.9 Å². The van der Waals surface area contributed by atoms with Crippen LogP contribution in [0, 0.1) is 6.92 Å². The van der Waals surface area contributed by atoms with Gasteiger partial charge in [0, 0.05) is 12.7 Å². The minimum Gasteiger partial charge on any atom is -0.345 e. The number of rotatable bonds is 2. The van der Waals surface area contributed by atoms with Crippen molar-refractivity contribution in [3.63, 3.8) is 0 Å². The first kappa shape index (κ1) is 12.0. The van der Waals surface area contributed by atoms with Crippen molar-refractivity contribution >= 4 is 5.91 Å². The smallest absolute Gasteiger partial charge is 0.255 e. The van der Waals surface area contributed by atoms with Crippen molar-refractivity contribution in [1.29, 1.82) is 0 Å². The highest BCUT2D eigenvalue weighted by molar-refractivity contribution is 5.95. The Balaban J connectivity index is 1.80. The summed E-state index contributed by atoms with van der Waals surface area (Å²) < 4.78 is 1.72. The van der Waals surface area contributed by atoms with Crippen molar-refractivity contribution in [2.24, 2.45) is 7.05 Å². The molecule has 0 saturated carbocycles. The van der Waals surface area contributed by atoms with E-state index in [1.165, 1.54) is 11.1 Å². The number of nitrogens with one attached hydrogen (secondary N) is 1. The SMILES string of the molecule is Cc1c(C(=O)NC2CCc3ccccc32)cnn1C. The van der Waals surface area contributed by atoms with Crippen LogP contribution in [0.5, 0.6) is 0 Å². The van der Waals surface area contributed by atoms with Gasteiger partial charge in [-0.2, -0.15) is 5.10 Å². The van der Waals surface area contributed by atoms with Gasteiger partial charge in [0.05, 0.1) is 17.8 Å². The molecular weight excluding hydrogens is 238 g/mol. The predicted octanol–water partition coefficient (Wildman–Crippen LogP) is 2.15. The van der Waals surface area contributed by atoms with Crippen LogP contribution in [0.4, 0.5) is 0 Å². The third kappa shape index (κ3) is 2.03. The lowest BCUT2D eigenvalue weighted by molar-refractivity contribution is 0.0936. The number of carbonyl (C=O) groups is 1. The molecule has 1 heterocycles. The van der Waals surface area contributed by atoms with E-state index in [0.717, 1.165) is 18.5 Å². The molecule has 2 aromatic rings. The van der Waals surface area contributed by atoms with Crippen LogP contribution in [0.1, 0.15) is 39.6 Å². The van der Waals surface area contributed by atoms with Crippen LogP contribution in [0.25, 0.3) is 0 Å². The molecule has 1 atom stereocenters. The van der Waals surface area contributed by atoms with Crippen LogP contribution in [0.15, 0.2) is 30.5 Å². The van der Waals surface area contributed by atoms with Crippen molar-refractivity contribution < 1.29 is 4.79 Å². The average Bonchev–Trinajstić information content (AvgIpc) is 2.96. The second kappa shape index (κ2) is 4.53. The molecule has 1 aromatic heterocycles. The number of hydrogen-bond donors (Lipinski definition) is 1. The first-order valence-electron chi connectivity index (χ1n) is 6.54. The van der Waals surface area contributed by atoms with E-state index in [0.29, 0.717) is 5.56 Å². The van der Waals surface area contributed by atoms with Crippen molar-refractivity contribution in [2.75, 3.05) is 0 Å². The van der Waals surface area contributed by atoms with Crippen LogP contribution in [-0.4, -0.2) is 15.7 Å². The summed E-state index contributed by atoms with van der Waals surface area (Å²) in [6.07, 6.45) is 3.64. The van der Waals surface area contributed by atoms with E-state index < -0.39 is 0 Å². The van der Waals surface area contributed by atoms with Gasteiger partial charge in [-0.15, -0.1) is 0 Å². The molecule has 1 aliphatic rings. The van der Waals surface area contributed by atoms with Crippen LogP contribution >= 0.6 is 0 Å². The van der Waals surface area contributed by atoms with Gasteiger partial charge in [0.15, 0.2) is 0 Å². The second-order valence-corrected chi connectivity index (χ2v) is 5.03. The number of fused-ring (bicyclic) bond motifs is 1. The summed E-state index contributed by atoms with van der Waals surface area (Å²) in [7, 11) is 1.84. The number of hydrogen-bond acceptors (Lipinski definition) is 2. The highest BCUT2D eigenvalue weighted by Crippen LogP contribution is 2.30. The molecule has 0 bridgehead atoms. The summed E-state index contributed by atoms with van der Waals surface area (Å²) in [5, 5.41) is 7.23. The molecule has 0 saturated heterocycles. The standard InChI is InChI=1S/C15H17N3O/c1-10-13(9-16-18(10)2)15(19)17-14-8-7-11-5-3-4-6-12(11)14/h3-6,9,14H,7-8H2,1-2H3,(H,17,19). The van der Waals surface area contributed by atoms with Crippen LogP contribution in [0.2, 0.25) is 0 Å². The zero-order valence-corrected chi connectivity index (χ0v) is 11.2. The van der Waals surface area contributed by atoms with Crippen molar-refractivity contribution in [1.82, 2.24) is 15.1 Å². The van der Waals surface area contributed by atoms with Crippen molar-refractivity contribution in [2.45, 2.75) is 25.8 Å². The number of benzene rings is 1. The summed E-state index contributed by atoms with van der Waals surface area (Å²) in [6, 6.07) is 8.44. The Labute approximate surface area is 112 Å². The Kier molecular flexibility index (Phi) is 2.85. The molecule has 1 aliphatic carbocycles. The number of amides is 1. The van der Waals surface area contributed by atoms with Gasteiger partial charge in [-0.25, -0.2) is 0 Å². The number of nitrogens with zero attached hydrogens (tertiary/aromatic N) is 2. The summed E-state index contributed by atoms with van der Waals surface area (Å²) in [5.74, 6) is -0.0349. The zero-order valence-electron chi connectivity index (χ0n) is 11.2. The fourth-order valence-electron chi connectivity index (χ4n) is 2.66. The molecule has 0 fully saturated rings. The molecule has 4 heteroatoms. The minimum atomic E-state index is -0.0349. The molecule has 1 N–H and O–H groups in total. The maximum Gasteiger partial charge on any atom is 0.255 e. The molecule has 0 aliphatic heterocycles. The molecule has 3 rings (SSSR count). The Bertz CT molecular complexity index is 630. The molecule has 1 aromatic carbocycles. The van der Waals surface area contributed by atoms with Gasteiger partial charge < -0.3 is 5.32 Å². The van der Waals surface area contributed by atoms with E-state index in [1.807, 2.05) is 26.1 Å². The third-order valence-electron chi connectivity index (χ3n) is 3.92.